The number of methoxy groups -OCH3 is 1. The van der Waals surface area contributed by atoms with Crippen molar-refractivity contribution in [2.75, 3.05) is 7.11 Å². The van der Waals surface area contributed by atoms with Gasteiger partial charge in [-0.05, 0) is 0 Å². The summed E-state index contributed by atoms with van der Waals surface area (Å²) in [4.78, 5) is 0. The van der Waals surface area contributed by atoms with E-state index in [1.165, 1.54) is 17.5 Å². The normalized spacial score (nSPS) is 12.4. The van der Waals surface area contributed by atoms with Crippen molar-refractivity contribution in [3.05, 3.63) is 53.6 Å². The molecule has 0 fully saturated rings. The van der Waals surface area contributed by atoms with E-state index in [1.54, 1.807) is 7.11 Å². The number of rotatable bonds is 7. The zero-order valence-corrected chi connectivity index (χ0v) is 16.8. The molecule has 126 valence electrons. The summed E-state index contributed by atoms with van der Waals surface area (Å²) < 4.78 is 13.1. The van der Waals surface area contributed by atoms with E-state index in [9.17, 15) is 0 Å². The third-order valence-corrected chi connectivity index (χ3v) is 7.55. The Balaban J connectivity index is 2.41. The minimum atomic E-state index is 0.120. The SMILES string of the molecule is CCC([I-]C(C)C)c1ccc(OC)c(Oc2ccccc2)c1C. The van der Waals surface area contributed by atoms with Crippen LogP contribution in [0.5, 0.6) is 17.2 Å². The second-order valence-electron chi connectivity index (χ2n) is 5.74. The fourth-order valence-corrected chi connectivity index (χ4v) is 5.90. The zero-order chi connectivity index (χ0) is 16.8. The van der Waals surface area contributed by atoms with Gasteiger partial charge in [0.25, 0.3) is 0 Å². The van der Waals surface area contributed by atoms with Crippen LogP contribution >= 0.6 is 0 Å². The second-order valence-corrected chi connectivity index (χ2v) is 10.5. The number of alkyl halides is 2. The Bertz CT molecular complexity index is 623. The summed E-state index contributed by atoms with van der Waals surface area (Å²) in [5.41, 5.74) is 2.63. The number of benzene rings is 2. The van der Waals surface area contributed by atoms with E-state index in [4.69, 9.17) is 9.47 Å². The molecule has 1 atom stereocenters. The van der Waals surface area contributed by atoms with Gasteiger partial charge in [0.05, 0.1) is 0 Å². The molecule has 2 aromatic rings. The third-order valence-electron chi connectivity index (χ3n) is 3.69. The van der Waals surface area contributed by atoms with Crippen LogP contribution in [-0.2, 0) is 0 Å². The Labute approximate surface area is 150 Å². The molecule has 0 bridgehead atoms. The van der Waals surface area contributed by atoms with Crippen LogP contribution in [0.25, 0.3) is 0 Å². The minimum absolute atomic E-state index is 0.120. The molecule has 0 aliphatic heterocycles. The van der Waals surface area contributed by atoms with Crippen molar-refractivity contribution in [3.8, 4) is 17.2 Å². The number of ether oxygens (including phenoxy) is 2. The van der Waals surface area contributed by atoms with Crippen LogP contribution < -0.4 is 30.7 Å². The van der Waals surface area contributed by atoms with E-state index in [-0.39, 0.29) is 21.2 Å². The molecule has 2 rings (SSSR count). The van der Waals surface area contributed by atoms with Gasteiger partial charge < -0.3 is 0 Å². The molecule has 3 heteroatoms. The van der Waals surface area contributed by atoms with Crippen LogP contribution in [-0.4, -0.2) is 11.0 Å². The van der Waals surface area contributed by atoms with Crippen LogP contribution in [0.3, 0.4) is 0 Å². The van der Waals surface area contributed by atoms with Crippen LogP contribution in [0.15, 0.2) is 42.5 Å². The summed E-state index contributed by atoms with van der Waals surface area (Å²) in [5.74, 6) is 2.49. The third kappa shape index (κ3) is 4.63. The first-order valence-corrected chi connectivity index (χ1v) is 10.6. The maximum atomic E-state index is 6.16. The summed E-state index contributed by atoms with van der Waals surface area (Å²) >= 11 is 0.120. The summed E-state index contributed by atoms with van der Waals surface area (Å²) in [5, 5.41) is 0. The van der Waals surface area contributed by atoms with E-state index in [2.05, 4.69) is 33.8 Å². The van der Waals surface area contributed by atoms with Gasteiger partial charge in [-0.15, -0.1) is 0 Å². The van der Waals surface area contributed by atoms with Crippen molar-refractivity contribution in [3.63, 3.8) is 0 Å². The molecular weight excluding hydrogens is 399 g/mol. The van der Waals surface area contributed by atoms with Crippen LogP contribution in [0.4, 0.5) is 0 Å². The van der Waals surface area contributed by atoms with Gasteiger partial charge in [-0.1, -0.05) is 0 Å². The molecule has 0 radical (unpaired) electrons. The quantitative estimate of drug-likeness (QED) is 0.502. The number of para-hydroxylation sites is 1. The molecule has 0 saturated carbocycles. The summed E-state index contributed by atoms with van der Waals surface area (Å²) in [6, 6.07) is 14.2. The van der Waals surface area contributed by atoms with Gasteiger partial charge in [0.1, 0.15) is 0 Å². The molecule has 0 aliphatic carbocycles. The van der Waals surface area contributed by atoms with Gasteiger partial charge in [0.2, 0.25) is 0 Å². The number of hydrogen-bond acceptors (Lipinski definition) is 2. The molecular formula is C20H26IO2-. The van der Waals surface area contributed by atoms with Gasteiger partial charge in [0, 0.05) is 0 Å². The van der Waals surface area contributed by atoms with Gasteiger partial charge >= 0.3 is 151 Å². The number of halogens is 1. The molecule has 2 aromatic carbocycles. The topological polar surface area (TPSA) is 18.5 Å². The first-order chi connectivity index (χ1) is 11.1. The maximum absolute atomic E-state index is 6.16. The fraction of sp³-hybridized carbons (Fsp3) is 0.400. The molecule has 0 N–H and O–H groups in total. The molecule has 0 aromatic heterocycles. The predicted octanol–water partition coefficient (Wildman–Crippen LogP) is 2.74. The van der Waals surface area contributed by atoms with Gasteiger partial charge in [-0.3, -0.25) is 0 Å². The monoisotopic (exact) mass is 425 g/mol. The summed E-state index contributed by atoms with van der Waals surface area (Å²) in [6.07, 6.45) is 1.18. The van der Waals surface area contributed by atoms with Crippen molar-refractivity contribution in [2.24, 2.45) is 0 Å². The Morgan fingerprint density at radius 1 is 1.04 bits per heavy atom. The van der Waals surface area contributed by atoms with Crippen molar-refractivity contribution in [1.82, 2.24) is 0 Å². The Morgan fingerprint density at radius 2 is 1.74 bits per heavy atom. The molecule has 1 unspecified atom stereocenters. The fourth-order valence-electron chi connectivity index (χ4n) is 2.60. The van der Waals surface area contributed by atoms with Crippen LogP contribution in [0.1, 0.15) is 42.2 Å². The van der Waals surface area contributed by atoms with E-state index in [0.717, 1.165) is 21.2 Å². The van der Waals surface area contributed by atoms with Crippen molar-refractivity contribution in [2.45, 2.75) is 42.0 Å². The van der Waals surface area contributed by atoms with Gasteiger partial charge in [-0.25, -0.2) is 0 Å². The van der Waals surface area contributed by atoms with Gasteiger partial charge in [-0.2, -0.15) is 0 Å². The molecule has 2 nitrogen and oxygen atoms in total. The molecule has 0 saturated heterocycles. The Kier molecular flexibility index (Phi) is 6.75. The van der Waals surface area contributed by atoms with Crippen molar-refractivity contribution < 1.29 is 30.7 Å². The second kappa shape index (κ2) is 8.57. The molecule has 0 aliphatic rings. The molecule has 23 heavy (non-hydrogen) atoms. The summed E-state index contributed by atoms with van der Waals surface area (Å²) in [7, 11) is 1.70. The van der Waals surface area contributed by atoms with E-state index in [1.807, 2.05) is 36.4 Å². The van der Waals surface area contributed by atoms with Crippen molar-refractivity contribution in [1.29, 1.82) is 0 Å². The Morgan fingerprint density at radius 3 is 2.30 bits per heavy atom. The van der Waals surface area contributed by atoms with Crippen molar-refractivity contribution >= 4 is 0 Å². The molecule has 0 heterocycles. The molecule has 0 amide bonds. The zero-order valence-electron chi connectivity index (χ0n) is 14.6. The van der Waals surface area contributed by atoms with E-state index >= 15 is 0 Å². The predicted molar refractivity (Wildman–Crippen MR) is 92.4 cm³/mol. The summed E-state index contributed by atoms with van der Waals surface area (Å²) in [6.45, 7) is 9.10. The Hall–Kier alpha value is -1.23. The standard InChI is InChI=1S/C20H26IO2/c1-6-18(21-14(2)3)17-12-13-19(22-5)20(15(17)4)23-16-10-8-7-9-11-16/h7-14,18H,6H2,1-5H3/q-1. The number of hydrogen-bond donors (Lipinski definition) is 0. The average molecular weight is 425 g/mol. The van der Waals surface area contributed by atoms with Gasteiger partial charge in [0.15, 0.2) is 0 Å². The first kappa shape index (κ1) is 18.1. The van der Waals surface area contributed by atoms with Crippen LogP contribution in [0, 0.1) is 6.92 Å². The average Bonchev–Trinajstić information content (AvgIpc) is 2.55. The first-order valence-electron chi connectivity index (χ1n) is 8.09. The van der Waals surface area contributed by atoms with Crippen LogP contribution in [0.2, 0.25) is 0 Å². The van der Waals surface area contributed by atoms with E-state index in [0.29, 0.717) is 3.92 Å². The molecule has 0 spiro atoms. The van der Waals surface area contributed by atoms with E-state index < -0.39 is 0 Å².